The van der Waals surface area contributed by atoms with Crippen molar-refractivity contribution < 1.29 is 0 Å². The molecule has 2 aromatic rings. The molecule has 0 unspecified atom stereocenters. The van der Waals surface area contributed by atoms with Gasteiger partial charge in [0.1, 0.15) is 5.82 Å². The Kier molecular flexibility index (Phi) is 5.23. The normalized spacial score (nSPS) is 15.0. The molecule has 4 heteroatoms. The highest BCUT2D eigenvalue weighted by Gasteiger charge is 2.15. The zero-order valence-electron chi connectivity index (χ0n) is 14.2. The van der Waals surface area contributed by atoms with Gasteiger partial charge in [0.25, 0.3) is 0 Å². The van der Waals surface area contributed by atoms with Gasteiger partial charge in [0.2, 0.25) is 0 Å². The highest BCUT2D eigenvalue weighted by Crippen LogP contribution is 2.22. The van der Waals surface area contributed by atoms with Gasteiger partial charge in [-0.15, -0.1) is 0 Å². The van der Waals surface area contributed by atoms with E-state index in [9.17, 15) is 0 Å². The second-order valence-electron chi connectivity index (χ2n) is 6.08. The van der Waals surface area contributed by atoms with E-state index in [-0.39, 0.29) is 0 Å². The van der Waals surface area contributed by atoms with Crippen LogP contribution in [-0.2, 0) is 12.8 Å². The summed E-state index contributed by atoms with van der Waals surface area (Å²) in [5.41, 5.74) is 3.60. The van der Waals surface area contributed by atoms with Crippen molar-refractivity contribution in [2.24, 2.45) is 0 Å². The number of anilines is 1. The number of hydrogen-bond donors (Lipinski definition) is 1. The second kappa shape index (κ2) is 7.55. The third kappa shape index (κ3) is 3.88. The van der Waals surface area contributed by atoms with E-state index in [1.165, 1.54) is 5.56 Å². The van der Waals surface area contributed by atoms with Gasteiger partial charge in [-0.25, -0.2) is 9.97 Å². The SMILES string of the molecule is CCCc1cc(N2CCNCC2)nc(-c2ccc(CC)cc2)n1. The van der Waals surface area contributed by atoms with E-state index in [1.54, 1.807) is 0 Å². The van der Waals surface area contributed by atoms with E-state index in [0.717, 1.165) is 68.3 Å². The van der Waals surface area contributed by atoms with Gasteiger partial charge < -0.3 is 10.2 Å². The van der Waals surface area contributed by atoms with Crippen LogP contribution in [0.15, 0.2) is 30.3 Å². The first-order chi connectivity index (χ1) is 11.3. The maximum Gasteiger partial charge on any atom is 0.161 e. The lowest BCUT2D eigenvalue weighted by Crippen LogP contribution is -2.44. The molecule has 0 atom stereocenters. The molecule has 0 saturated carbocycles. The number of rotatable bonds is 5. The lowest BCUT2D eigenvalue weighted by molar-refractivity contribution is 0.584. The van der Waals surface area contributed by atoms with Gasteiger partial charge in [0.15, 0.2) is 5.82 Å². The number of aryl methyl sites for hydroxylation is 2. The van der Waals surface area contributed by atoms with Crippen molar-refractivity contribution in [1.29, 1.82) is 0 Å². The molecule has 1 aliphatic heterocycles. The molecule has 4 nitrogen and oxygen atoms in total. The van der Waals surface area contributed by atoms with E-state index >= 15 is 0 Å². The Balaban J connectivity index is 1.95. The third-order valence-electron chi connectivity index (χ3n) is 4.33. The molecule has 0 radical (unpaired) electrons. The lowest BCUT2D eigenvalue weighted by Gasteiger charge is -2.29. The van der Waals surface area contributed by atoms with Crippen LogP contribution >= 0.6 is 0 Å². The smallest absolute Gasteiger partial charge is 0.161 e. The van der Waals surface area contributed by atoms with Gasteiger partial charge in [0.05, 0.1) is 0 Å². The molecule has 1 aromatic heterocycles. The van der Waals surface area contributed by atoms with Crippen LogP contribution in [0, 0.1) is 0 Å². The van der Waals surface area contributed by atoms with Gasteiger partial charge in [-0.2, -0.15) is 0 Å². The molecule has 0 aliphatic carbocycles. The Morgan fingerprint density at radius 3 is 2.43 bits per heavy atom. The molecule has 2 heterocycles. The van der Waals surface area contributed by atoms with Crippen LogP contribution in [0.1, 0.15) is 31.5 Å². The quantitative estimate of drug-likeness (QED) is 0.921. The summed E-state index contributed by atoms with van der Waals surface area (Å²) >= 11 is 0. The maximum absolute atomic E-state index is 4.85. The van der Waals surface area contributed by atoms with Crippen LogP contribution in [0.2, 0.25) is 0 Å². The predicted octanol–water partition coefficient (Wildman–Crippen LogP) is 3.07. The van der Waals surface area contributed by atoms with Gasteiger partial charge in [-0.05, 0) is 18.4 Å². The summed E-state index contributed by atoms with van der Waals surface area (Å²) in [5.74, 6) is 1.92. The Morgan fingerprint density at radius 2 is 1.78 bits per heavy atom. The fourth-order valence-corrected chi connectivity index (χ4v) is 2.94. The standard InChI is InChI=1S/C19H26N4/c1-3-5-17-14-18(23-12-10-20-11-13-23)22-19(21-17)16-8-6-15(4-2)7-9-16/h6-9,14,20H,3-5,10-13H2,1-2H3. The van der Waals surface area contributed by atoms with Crippen molar-refractivity contribution in [3.05, 3.63) is 41.6 Å². The first-order valence-electron chi connectivity index (χ1n) is 8.73. The zero-order chi connectivity index (χ0) is 16.1. The molecule has 3 rings (SSSR count). The van der Waals surface area contributed by atoms with Crippen LogP contribution in [0.5, 0.6) is 0 Å². The Labute approximate surface area is 139 Å². The van der Waals surface area contributed by atoms with E-state index in [1.807, 2.05) is 0 Å². The number of benzene rings is 1. The average Bonchev–Trinajstić information content (AvgIpc) is 2.62. The van der Waals surface area contributed by atoms with Crippen molar-refractivity contribution >= 4 is 5.82 Å². The summed E-state index contributed by atoms with van der Waals surface area (Å²) in [7, 11) is 0. The van der Waals surface area contributed by atoms with Gasteiger partial charge in [0, 0.05) is 43.5 Å². The molecular formula is C19H26N4. The summed E-state index contributed by atoms with van der Waals surface area (Å²) in [6.45, 7) is 8.44. The molecule has 1 aromatic carbocycles. The van der Waals surface area contributed by atoms with Crippen molar-refractivity contribution in [2.45, 2.75) is 33.1 Å². The molecule has 1 aliphatic rings. The highest BCUT2D eigenvalue weighted by atomic mass is 15.2. The topological polar surface area (TPSA) is 41.0 Å². The Morgan fingerprint density at radius 1 is 1.04 bits per heavy atom. The Hall–Kier alpha value is -1.94. The fourth-order valence-electron chi connectivity index (χ4n) is 2.94. The second-order valence-corrected chi connectivity index (χ2v) is 6.08. The van der Waals surface area contributed by atoms with E-state index in [2.05, 4.69) is 54.4 Å². The molecule has 0 bridgehead atoms. The molecule has 0 amide bonds. The predicted molar refractivity (Wildman–Crippen MR) is 95.9 cm³/mol. The summed E-state index contributed by atoms with van der Waals surface area (Å²) in [4.78, 5) is 12.0. The average molecular weight is 310 g/mol. The molecule has 0 spiro atoms. The number of hydrogen-bond acceptors (Lipinski definition) is 4. The summed E-state index contributed by atoms with van der Waals surface area (Å²) in [6, 6.07) is 10.8. The minimum absolute atomic E-state index is 0.854. The van der Waals surface area contributed by atoms with Crippen LogP contribution < -0.4 is 10.2 Å². The monoisotopic (exact) mass is 310 g/mol. The van der Waals surface area contributed by atoms with Gasteiger partial charge in [-0.3, -0.25) is 0 Å². The largest absolute Gasteiger partial charge is 0.354 e. The fraction of sp³-hybridized carbons (Fsp3) is 0.474. The Bertz CT molecular complexity index is 630. The van der Waals surface area contributed by atoms with Crippen LogP contribution in [-0.4, -0.2) is 36.1 Å². The minimum Gasteiger partial charge on any atom is -0.354 e. The summed E-state index contributed by atoms with van der Waals surface area (Å²) < 4.78 is 0. The van der Waals surface area contributed by atoms with Crippen molar-refractivity contribution in [3.63, 3.8) is 0 Å². The number of aromatic nitrogens is 2. The summed E-state index contributed by atoms with van der Waals surface area (Å²) in [5, 5.41) is 3.40. The maximum atomic E-state index is 4.85. The number of nitrogens with zero attached hydrogens (tertiary/aromatic N) is 3. The zero-order valence-corrected chi connectivity index (χ0v) is 14.2. The van der Waals surface area contributed by atoms with Crippen LogP contribution in [0.4, 0.5) is 5.82 Å². The lowest BCUT2D eigenvalue weighted by atomic mass is 10.1. The van der Waals surface area contributed by atoms with Crippen LogP contribution in [0.3, 0.4) is 0 Å². The summed E-state index contributed by atoms with van der Waals surface area (Å²) in [6.07, 6.45) is 3.16. The van der Waals surface area contributed by atoms with Crippen LogP contribution in [0.25, 0.3) is 11.4 Å². The highest BCUT2D eigenvalue weighted by molar-refractivity contribution is 5.58. The van der Waals surface area contributed by atoms with E-state index < -0.39 is 0 Å². The molecule has 23 heavy (non-hydrogen) atoms. The molecular weight excluding hydrogens is 284 g/mol. The first-order valence-corrected chi connectivity index (χ1v) is 8.73. The number of piperazine rings is 1. The number of nitrogens with one attached hydrogen (secondary N) is 1. The molecule has 122 valence electrons. The van der Waals surface area contributed by atoms with E-state index in [4.69, 9.17) is 9.97 Å². The minimum atomic E-state index is 0.854. The van der Waals surface area contributed by atoms with Crippen molar-refractivity contribution in [2.75, 3.05) is 31.1 Å². The van der Waals surface area contributed by atoms with Crippen molar-refractivity contribution in [3.8, 4) is 11.4 Å². The molecule has 1 saturated heterocycles. The van der Waals surface area contributed by atoms with E-state index in [0.29, 0.717) is 0 Å². The molecule has 1 fully saturated rings. The van der Waals surface area contributed by atoms with Gasteiger partial charge in [-0.1, -0.05) is 44.5 Å². The van der Waals surface area contributed by atoms with Crippen molar-refractivity contribution in [1.82, 2.24) is 15.3 Å². The third-order valence-corrected chi connectivity index (χ3v) is 4.33. The van der Waals surface area contributed by atoms with Gasteiger partial charge >= 0.3 is 0 Å². The molecule has 1 N–H and O–H groups in total. The first kappa shape index (κ1) is 15.9.